The van der Waals surface area contributed by atoms with Crippen molar-refractivity contribution < 1.29 is 14.3 Å². The lowest BCUT2D eigenvalue weighted by Crippen LogP contribution is -2.61. The number of carbonyl (C=O) groups is 1. The van der Waals surface area contributed by atoms with Crippen molar-refractivity contribution in [3.63, 3.8) is 0 Å². The molecule has 126 valence electrons. The Morgan fingerprint density at radius 3 is 2.88 bits per heavy atom. The molecule has 24 heavy (non-hydrogen) atoms. The van der Waals surface area contributed by atoms with Gasteiger partial charge < -0.3 is 9.47 Å². The summed E-state index contributed by atoms with van der Waals surface area (Å²) in [5.74, 6) is 0.104. The fraction of sp³-hybridized carbons (Fsp3) is 0.474. The number of hydrogen-bond donors (Lipinski definition) is 0. The van der Waals surface area contributed by atoms with Crippen molar-refractivity contribution in [2.24, 2.45) is 11.3 Å². The number of ether oxygens (including phenoxy) is 2. The molecule has 0 radical (unpaired) electrons. The van der Waals surface area contributed by atoms with Gasteiger partial charge >= 0.3 is 5.97 Å². The minimum Gasteiger partial charge on any atom is -0.458 e. The average Bonchev–Trinajstić information content (AvgIpc) is 3.23. The smallest absolute Gasteiger partial charge is 0.338 e. The Bertz CT molecular complexity index is 722. The summed E-state index contributed by atoms with van der Waals surface area (Å²) >= 11 is 0. The Kier molecular flexibility index (Phi) is 3.68. The number of benzene rings is 1. The van der Waals surface area contributed by atoms with Gasteiger partial charge in [0.15, 0.2) is 0 Å². The second-order valence-electron chi connectivity index (χ2n) is 7.29. The highest BCUT2D eigenvalue weighted by molar-refractivity contribution is 5.89. The zero-order valence-corrected chi connectivity index (χ0v) is 14.0. The van der Waals surface area contributed by atoms with Gasteiger partial charge in [0, 0.05) is 30.3 Å². The average molecular weight is 326 g/mol. The molecular weight excluding hydrogens is 304 g/mol. The van der Waals surface area contributed by atoms with Crippen LogP contribution in [0.15, 0.2) is 42.7 Å². The molecule has 2 aromatic rings. The molecule has 0 amide bonds. The van der Waals surface area contributed by atoms with Crippen LogP contribution in [0.3, 0.4) is 0 Å². The van der Waals surface area contributed by atoms with E-state index in [9.17, 15) is 4.79 Å². The molecule has 0 bridgehead atoms. The van der Waals surface area contributed by atoms with Crippen LogP contribution in [0.4, 0.5) is 0 Å². The molecule has 3 atom stereocenters. The molecule has 1 aromatic heterocycles. The number of nitrogens with zero attached hydrogens (tertiary/aromatic N) is 2. The summed E-state index contributed by atoms with van der Waals surface area (Å²) in [6.07, 6.45) is 4.83. The molecule has 0 N–H and O–H groups in total. The van der Waals surface area contributed by atoms with Gasteiger partial charge in [0.1, 0.15) is 6.10 Å². The molecule has 2 aliphatic rings. The third-order valence-corrected chi connectivity index (χ3v) is 5.32. The predicted octanol–water partition coefficient (Wildman–Crippen LogP) is 2.90. The molecule has 1 saturated heterocycles. The molecule has 1 aliphatic heterocycles. The third kappa shape index (κ3) is 2.53. The van der Waals surface area contributed by atoms with Gasteiger partial charge in [-0.15, -0.1) is 0 Å². The van der Waals surface area contributed by atoms with Crippen LogP contribution in [0.5, 0.6) is 0 Å². The molecule has 0 unspecified atom stereocenters. The van der Waals surface area contributed by atoms with E-state index in [0.717, 1.165) is 18.6 Å². The van der Waals surface area contributed by atoms with Crippen LogP contribution in [-0.2, 0) is 16.0 Å². The Labute approximate surface area is 141 Å². The minimum absolute atomic E-state index is 0.0544. The first-order valence-corrected chi connectivity index (χ1v) is 8.44. The van der Waals surface area contributed by atoms with Crippen LogP contribution in [0.1, 0.15) is 36.2 Å². The predicted molar refractivity (Wildman–Crippen MR) is 88.6 cm³/mol. The van der Waals surface area contributed by atoms with Crippen LogP contribution in [0, 0.1) is 11.3 Å². The maximum atomic E-state index is 12.5. The maximum Gasteiger partial charge on any atom is 0.338 e. The van der Waals surface area contributed by atoms with E-state index in [0.29, 0.717) is 18.0 Å². The van der Waals surface area contributed by atoms with Crippen LogP contribution in [0.25, 0.3) is 0 Å². The first kappa shape index (κ1) is 15.4. The summed E-state index contributed by atoms with van der Waals surface area (Å²) in [6.45, 7) is 5.70. The lowest BCUT2D eigenvalue weighted by atomic mass is 9.59. The summed E-state index contributed by atoms with van der Waals surface area (Å²) in [5.41, 5.74) is 1.59. The van der Waals surface area contributed by atoms with Crippen LogP contribution >= 0.6 is 0 Å². The third-order valence-electron chi connectivity index (χ3n) is 5.32. The fourth-order valence-electron chi connectivity index (χ4n) is 4.03. The molecule has 4 rings (SSSR count). The quantitative estimate of drug-likeness (QED) is 0.811. The number of hydrogen-bond acceptors (Lipinski definition) is 4. The first-order valence-electron chi connectivity index (χ1n) is 8.44. The molecule has 5 nitrogen and oxygen atoms in total. The summed E-state index contributed by atoms with van der Waals surface area (Å²) < 4.78 is 13.4. The van der Waals surface area contributed by atoms with Crippen molar-refractivity contribution in [2.45, 2.75) is 39.0 Å². The van der Waals surface area contributed by atoms with Crippen LogP contribution in [-0.4, -0.2) is 34.6 Å². The van der Waals surface area contributed by atoms with Crippen molar-refractivity contribution in [3.05, 3.63) is 53.9 Å². The normalized spacial score (nSPS) is 27.3. The Balaban J connectivity index is 1.41. The van der Waals surface area contributed by atoms with Crippen molar-refractivity contribution in [3.8, 4) is 0 Å². The topological polar surface area (TPSA) is 53.4 Å². The van der Waals surface area contributed by atoms with Gasteiger partial charge in [-0.1, -0.05) is 26.0 Å². The number of esters is 1. The second-order valence-corrected chi connectivity index (χ2v) is 7.29. The zero-order valence-electron chi connectivity index (χ0n) is 14.0. The lowest BCUT2D eigenvalue weighted by Gasteiger charge is -2.53. The number of aromatic nitrogens is 2. The van der Waals surface area contributed by atoms with E-state index in [-0.39, 0.29) is 23.6 Å². The van der Waals surface area contributed by atoms with E-state index in [2.05, 4.69) is 18.9 Å². The van der Waals surface area contributed by atoms with Gasteiger partial charge in [-0.3, -0.25) is 4.68 Å². The largest absolute Gasteiger partial charge is 0.458 e. The van der Waals surface area contributed by atoms with Gasteiger partial charge in [-0.05, 0) is 30.2 Å². The van der Waals surface area contributed by atoms with Crippen molar-refractivity contribution >= 4 is 5.97 Å². The monoisotopic (exact) mass is 326 g/mol. The van der Waals surface area contributed by atoms with Gasteiger partial charge in [0.2, 0.25) is 0 Å². The molecule has 0 spiro atoms. The standard InChI is InChI=1S/C19H22N2O3/c1-19(2)16-15(8-11-23-16)17(19)24-18(22)14-6-4-13(5-7-14)12-21-10-3-9-20-21/h3-7,9-10,15-17H,8,11-12H2,1-2H3/t15-,16-,17+/m1/s1. The first-order chi connectivity index (χ1) is 11.6. The van der Waals surface area contributed by atoms with E-state index >= 15 is 0 Å². The van der Waals surface area contributed by atoms with Crippen LogP contribution < -0.4 is 0 Å². The lowest BCUT2D eigenvalue weighted by molar-refractivity contribution is -0.183. The summed E-state index contributed by atoms with van der Waals surface area (Å²) in [4.78, 5) is 12.5. The number of fused-ring (bicyclic) bond motifs is 1. The highest BCUT2D eigenvalue weighted by Crippen LogP contribution is 2.53. The van der Waals surface area contributed by atoms with E-state index in [1.165, 1.54) is 0 Å². The maximum absolute atomic E-state index is 12.5. The van der Waals surface area contributed by atoms with E-state index in [1.54, 1.807) is 6.20 Å². The zero-order chi connectivity index (χ0) is 16.7. The Morgan fingerprint density at radius 1 is 1.38 bits per heavy atom. The van der Waals surface area contributed by atoms with Crippen LogP contribution in [0.2, 0.25) is 0 Å². The molecule has 2 fully saturated rings. The molecule has 2 heterocycles. The molecule has 1 aromatic carbocycles. The summed E-state index contributed by atoms with van der Waals surface area (Å²) in [7, 11) is 0. The Morgan fingerprint density at radius 2 is 2.17 bits per heavy atom. The second kappa shape index (κ2) is 5.74. The molecular formula is C19H22N2O3. The van der Waals surface area contributed by atoms with E-state index in [1.807, 2.05) is 41.2 Å². The van der Waals surface area contributed by atoms with Gasteiger partial charge in [0.05, 0.1) is 18.2 Å². The summed E-state index contributed by atoms with van der Waals surface area (Å²) in [5, 5.41) is 4.19. The number of carbonyl (C=O) groups excluding carboxylic acids is 1. The van der Waals surface area contributed by atoms with Gasteiger partial charge in [-0.25, -0.2) is 4.79 Å². The van der Waals surface area contributed by atoms with E-state index < -0.39 is 0 Å². The van der Waals surface area contributed by atoms with Crippen molar-refractivity contribution in [1.29, 1.82) is 0 Å². The fourth-order valence-corrected chi connectivity index (χ4v) is 4.03. The number of rotatable bonds is 4. The highest BCUT2D eigenvalue weighted by Gasteiger charge is 2.61. The van der Waals surface area contributed by atoms with Crippen molar-refractivity contribution in [2.75, 3.05) is 6.61 Å². The summed E-state index contributed by atoms with van der Waals surface area (Å²) in [6, 6.07) is 9.45. The highest BCUT2D eigenvalue weighted by atomic mass is 16.6. The molecule has 1 aliphatic carbocycles. The van der Waals surface area contributed by atoms with E-state index in [4.69, 9.17) is 9.47 Å². The Hall–Kier alpha value is -2.14. The molecule has 1 saturated carbocycles. The minimum atomic E-state index is -0.246. The van der Waals surface area contributed by atoms with Gasteiger partial charge in [0.25, 0.3) is 0 Å². The molecule has 5 heteroatoms. The van der Waals surface area contributed by atoms with Crippen molar-refractivity contribution in [1.82, 2.24) is 9.78 Å². The SMILES string of the molecule is CC1(C)[C@@H]2OCC[C@H]2[C@@H]1OC(=O)c1ccc(Cn2cccn2)cc1. The van der Waals surface area contributed by atoms with Gasteiger partial charge in [-0.2, -0.15) is 5.10 Å².